The lowest BCUT2D eigenvalue weighted by Crippen LogP contribution is -2.56. The molecule has 18 heavy (non-hydrogen) atoms. The highest BCUT2D eigenvalue weighted by Gasteiger charge is 2.38. The number of aliphatic carboxylic acids is 1. The minimum absolute atomic E-state index is 0.270. The maximum absolute atomic E-state index is 12.2. The number of piperidine rings is 1. The van der Waals surface area contributed by atoms with Crippen molar-refractivity contribution >= 4 is 16.2 Å². The maximum atomic E-state index is 12.2. The van der Waals surface area contributed by atoms with E-state index in [2.05, 4.69) is 4.72 Å². The second kappa shape index (κ2) is 5.54. The number of nitrogens with one attached hydrogen (secondary N) is 1. The quantitative estimate of drug-likeness (QED) is 0.784. The Kier molecular flexibility index (Phi) is 4.74. The Labute approximate surface area is 109 Å². The summed E-state index contributed by atoms with van der Waals surface area (Å²) in [4.78, 5) is 11.1. The van der Waals surface area contributed by atoms with Gasteiger partial charge in [0.05, 0.1) is 0 Å². The zero-order chi connectivity index (χ0) is 14.0. The highest BCUT2D eigenvalue weighted by Crippen LogP contribution is 2.21. The third-order valence-electron chi connectivity index (χ3n) is 3.34. The highest BCUT2D eigenvalue weighted by molar-refractivity contribution is 7.87. The van der Waals surface area contributed by atoms with Gasteiger partial charge in [-0.05, 0) is 39.5 Å². The molecule has 1 heterocycles. The Morgan fingerprint density at radius 2 is 2.06 bits per heavy atom. The van der Waals surface area contributed by atoms with Crippen LogP contribution in [0.3, 0.4) is 0 Å². The van der Waals surface area contributed by atoms with E-state index in [1.807, 2.05) is 6.92 Å². The van der Waals surface area contributed by atoms with Gasteiger partial charge in [0.2, 0.25) is 0 Å². The number of rotatable bonds is 5. The van der Waals surface area contributed by atoms with Gasteiger partial charge in [-0.2, -0.15) is 17.4 Å². The fourth-order valence-corrected chi connectivity index (χ4v) is 3.78. The minimum atomic E-state index is -3.74. The second-order valence-corrected chi connectivity index (χ2v) is 6.93. The van der Waals surface area contributed by atoms with Crippen LogP contribution in [-0.4, -0.2) is 41.9 Å². The molecule has 1 atom stereocenters. The third kappa shape index (κ3) is 3.66. The Hall–Kier alpha value is -0.660. The zero-order valence-corrected chi connectivity index (χ0v) is 12.0. The largest absolute Gasteiger partial charge is 0.480 e. The van der Waals surface area contributed by atoms with Crippen molar-refractivity contribution in [3.63, 3.8) is 0 Å². The molecule has 1 aliphatic rings. The number of carboxylic acids is 1. The SMILES string of the molecule is CCC(C)(C)NS(=O)(=O)N1CCCCC1C(=O)O. The highest BCUT2D eigenvalue weighted by atomic mass is 32.2. The zero-order valence-electron chi connectivity index (χ0n) is 11.1. The van der Waals surface area contributed by atoms with E-state index in [9.17, 15) is 13.2 Å². The summed E-state index contributed by atoms with van der Waals surface area (Å²) in [5.41, 5.74) is -0.570. The molecule has 1 aliphatic heterocycles. The first-order valence-corrected chi connectivity index (χ1v) is 7.67. The van der Waals surface area contributed by atoms with Crippen molar-refractivity contribution in [2.75, 3.05) is 6.54 Å². The van der Waals surface area contributed by atoms with Gasteiger partial charge < -0.3 is 5.11 Å². The van der Waals surface area contributed by atoms with Crippen LogP contribution in [0, 0.1) is 0 Å². The van der Waals surface area contributed by atoms with Crippen molar-refractivity contribution in [3.8, 4) is 0 Å². The minimum Gasteiger partial charge on any atom is -0.480 e. The van der Waals surface area contributed by atoms with Crippen LogP contribution < -0.4 is 4.72 Å². The van der Waals surface area contributed by atoms with Crippen LogP contribution >= 0.6 is 0 Å². The van der Waals surface area contributed by atoms with Gasteiger partial charge in [0.1, 0.15) is 6.04 Å². The Morgan fingerprint density at radius 3 is 2.56 bits per heavy atom. The van der Waals surface area contributed by atoms with Gasteiger partial charge in [0.15, 0.2) is 0 Å². The molecule has 0 saturated carbocycles. The third-order valence-corrected chi connectivity index (χ3v) is 5.20. The smallest absolute Gasteiger partial charge is 0.322 e. The summed E-state index contributed by atoms with van der Waals surface area (Å²) < 4.78 is 28.1. The second-order valence-electron chi connectivity index (χ2n) is 5.31. The lowest BCUT2D eigenvalue weighted by Gasteiger charge is -2.35. The summed E-state index contributed by atoms with van der Waals surface area (Å²) in [5.74, 6) is -1.07. The number of hydrogen-bond acceptors (Lipinski definition) is 3. The van der Waals surface area contributed by atoms with Crippen LogP contribution in [0.15, 0.2) is 0 Å². The van der Waals surface area contributed by atoms with E-state index in [1.54, 1.807) is 13.8 Å². The first-order chi connectivity index (χ1) is 8.19. The van der Waals surface area contributed by atoms with Gasteiger partial charge in [-0.3, -0.25) is 4.79 Å². The molecule has 0 aliphatic carbocycles. The van der Waals surface area contributed by atoms with Gasteiger partial charge in [-0.15, -0.1) is 0 Å². The summed E-state index contributed by atoms with van der Waals surface area (Å²) in [5, 5.41) is 9.09. The van der Waals surface area contributed by atoms with Crippen LogP contribution in [0.1, 0.15) is 46.5 Å². The van der Waals surface area contributed by atoms with E-state index in [-0.39, 0.29) is 6.54 Å². The van der Waals surface area contributed by atoms with E-state index in [0.29, 0.717) is 19.3 Å². The molecule has 106 valence electrons. The predicted octanol–water partition coefficient (Wildman–Crippen LogP) is 0.948. The number of carboxylic acid groups (broad SMARTS) is 1. The maximum Gasteiger partial charge on any atom is 0.322 e. The van der Waals surface area contributed by atoms with Crippen molar-refractivity contribution in [1.82, 2.24) is 9.03 Å². The molecule has 1 saturated heterocycles. The monoisotopic (exact) mass is 278 g/mol. The Bertz CT molecular complexity index is 405. The Morgan fingerprint density at radius 1 is 1.44 bits per heavy atom. The standard InChI is InChI=1S/C11H22N2O4S/c1-4-11(2,3)12-18(16,17)13-8-6-5-7-9(13)10(14)15/h9,12H,4-8H2,1-3H3,(H,14,15). The van der Waals surface area contributed by atoms with E-state index >= 15 is 0 Å². The first kappa shape index (κ1) is 15.4. The van der Waals surface area contributed by atoms with Crippen LogP contribution in [0.5, 0.6) is 0 Å². The molecule has 1 fully saturated rings. The summed E-state index contributed by atoms with van der Waals surface area (Å²) in [6, 6.07) is -0.941. The van der Waals surface area contributed by atoms with E-state index in [1.165, 1.54) is 0 Å². The molecule has 0 aromatic heterocycles. The van der Waals surface area contributed by atoms with Crippen molar-refractivity contribution in [3.05, 3.63) is 0 Å². The summed E-state index contributed by atoms with van der Waals surface area (Å²) in [6.45, 7) is 5.72. The molecule has 0 bridgehead atoms. The van der Waals surface area contributed by atoms with Gasteiger partial charge >= 0.3 is 5.97 Å². The number of hydrogen-bond donors (Lipinski definition) is 2. The van der Waals surface area contributed by atoms with Crippen LogP contribution in [0.4, 0.5) is 0 Å². The van der Waals surface area contributed by atoms with Gasteiger partial charge in [-0.1, -0.05) is 6.92 Å². The van der Waals surface area contributed by atoms with Gasteiger partial charge in [0, 0.05) is 12.1 Å². The van der Waals surface area contributed by atoms with Crippen molar-refractivity contribution in [2.45, 2.75) is 58.0 Å². The normalized spacial score (nSPS) is 22.9. The van der Waals surface area contributed by atoms with E-state index in [4.69, 9.17) is 5.11 Å². The molecular weight excluding hydrogens is 256 g/mol. The first-order valence-electron chi connectivity index (χ1n) is 6.23. The molecule has 6 nitrogen and oxygen atoms in total. The predicted molar refractivity (Wildman–Crippen MR) is 68.4 cm³/mol. The lowest BCUT2D eigenvalue weighted by molar-refractivity contribution is -0.142. The molecule has 0 amide bonds. The van der Waals surface area contributed by atoms with E-state index in [0.717, 1.165) is 10.7 Å². The molecule has 0 spiro atoms. The van der Waals surface area contributed by atoms with Crippen molar-refractivity contribution in [2.24, 2.45) is 0 Å². The number of nitrogens with zero attached hydrogens (tertiary/aromatic N) is 1. The summed E-state index contributed by atoms with van der Waals surface area (Å²) >= 11 is 0. The molecule has 0 aromatic rings. The lowest BCUT2D eigenvalue weighted by atomic mass is 10.0. The van der Waals surface area contributed by atoms with E-state index < -0.39 is 27.8 Å². The fraction of sp³-hybridized carbons (Fsp3) is 0.909. The number of carbonyl (C=O) groups is 1. The molecule has 7 heteroatoms. The molecule has 1 rings (SSSR count). The summed E-state index contributed by atoms with van der Waals surface area (Å²) in [6.07, 6.45) is 2.47. The molecule has 0 radical (unpaired) electrons. The van der Waals surface area contributed by atoms with Crippen molar-refractivity contribution < 1.29 is 18.3 Å². The average molecular weight is 278 g/mol. The Balaban J connectivity index is 2.91. The van der Waals surface area contributed by atoms with Crippen LogP contribution in [-0.2, 0) is 15.0 Å². The molecule has 1 unspecified atom stereocenters. The molecular formula is C11H22N2O4S. The summed E-state index contributed by atoms with van der Waals surface area (Å²) in [7, 11) is -3.74. The average Bonchev–Trinajstić information content (AvgIpc) is 2.28. The van der Waals surface area contributed by atoms with Gasteiger partial charge in [-0.25, -0.2) is 0 Å². The van der Waals surface area contributed by atoms with Crippen LogP contribution in [0.2, 0.25) is 0 Å². The van der Waals surface area contributed by atoms with Crippen LogP contribution in [0.25, 0.3) is 0 Å². The fourth-order valence-electron chi connectivity index (χ4n) is 1.92. The van der Waals surface area contributed by atoms with Gasteiger partial charge in [0.25, 0.3) is 10.2 Å². The molecule has 0 aromatic carbocycles. The topological polar surface area (TPSA) is 86.7 Å². The van der Waals surface area contributed by atoms with Crippen molar-refractivity contribution in [1.29, 1.82) is 0 Å². The molecule has 2 N–H and O–H groups in total.